The maximum Gasteiger partial charge on any atom is 0.226 e. The van der Waals surface area contributed by atoms with Gasteiger partial charge >= 0.3 is 0 Å². The molecule has 2 saturated heterocycles. The van der Waals surface area contributed by atoms with Crippen molar-refractivity contribution < 1.29 is 9.18 Å². The van der Waals surface area contributed by atoms with Gasteiger partial charge in [-0.1, -0.05) is 26.0 Å². The van der Waals surface area contributed by atoms with Crippen LogP contribution in [0.5, 0.6) is 0 Å². The third-order valence-electron chi connectivity index (χ3n) is 4.94. The molecular formula is C17H24ClFN2O. The molecule has 2 fully saturated rings. The molecule has 22 heavy (non-hydrogen) atoms. The molecule has 3 rings (SSSR count). The standard InChI is InChI=1S/C17H23FN2O.ClH/c1-11-6-16(13-4-3-5-15(18)7-13)20(10-11)17(21)12(2)14-8-19-9-14;/h3-5,7,11-12,14,16,19H,6,8-10H2,1-2H3;1H. The second kappa shape index (κ2) is 6.97. The quantitative estimate of drug-likeness (QED) is 0.926. The summed E-state index contributed by atoms with van der Waals surface area (Å²) < 4.78 is 13.5. The lowest BCUT2D eigenvalue weighted by Crippen LogP contribution is -2.50. The number of carbonyl (C=O) groups excluding carboxylic acids is 1. The van der Waals surface area contributed by atoms with Crippen molar-refractivity contribution >= 4 is 18.3 Å². The van der Waals surface area contributed by atoms with Crippen LogP contribution in [-0.4, -0.2) is 30.4 Å². The number of nitrogens with one attached hydrogen (secondary N) is 1. The molecule has 0 spiro atoms. The first-order valence-corrected chi connectivity index (χ1v) is 7.83. The first-order chi connectivity index (χ1) is 10.1. The number of amides is 1. The Labute approximate surface area is 137 Å². The minimum absolute atomic E-state index is 0. The predicted octanol–water partition coefficient (Wildman–Crippen LogP) is 3.01. The molecule has 2 aliphatic rings. The van der Waals surface area contributed by atoms with Crippen LogP contribution in [0.4, 0.5) is 4.39 Å². The number of halogens is 2. The zero-order valence-corrected chi connectivity index (χ0v) is 13.9. The molecule has 1 amide bonds. The predicted molar refractivity (Wildman–Crippen MR) is 87.4 cm³/mol. The Hall–Kier alpha value is -1.13. The monoisotopic (exact) mass is 326 g/mol. The third-order valence-corrected chi connectivity index (χ3v) is 4.94. The van der Waals surface area contributed by atoms with Crippen LogP contribution >= 0.6 is 12.4 Å². The van der Waals surface area contributed by atoms with Gasteiger partial charge in [0.15, 0.2) is 0 Å². The smallest absolute Gasteiger partial charge is 0.226 e. The summed E-state index contributed by atoms with van der Waals surface area (Å²) >= 11 is 0. The Bertz CT molecular complexity index is 535. The van der Waals surface area contributed by atoms with Crippen molar-refractivity contribution in [3.8, 4) is 0 Å². The van der Waals surface area contributed by atoms with Gasteiger partial charge in [-0.3, -0.25) is 4.79 Å². The van der Waals surface area contributed by atoms with Gasteiger partial charge in [-0.05, 0) is 49.0 Å². The van der Waals surface area contributed by atoms with E-state index in [9.17, 15) is 9.18 Å². The van der Waals surface area contributed by atoms with Crippen molar-refractivity contribution in [1.82, 2.24) is 10.2 Å². The molecule has 1 aromatic carbocycles. The van der Waals surface area contributed by atoms with Crippen molar-refractivity contribution in [2.75, 3.05) is 19.6 Å². The van der Waals surface area contributed by atoms with E-state index in [2.05, 4.69) is 12.2 Å². The highest BCUT2D eigenvalue weighted by atomic mass is 35.5. The van der Waals surface area contributed by atoms with E-state index < -0.39 is 0 Å². The maximum absolute atomic E-state index is 13.5. The Morgan fingerprint density at radius 1 is 1.41 bits per heavy atom. The van der Waals surface area contributed by atoms with E-state index in [1.165, 1.54) is 6.07 Å². The van der Waals surface area contributed by atoms with Gasteiger partial charge in [0.1, 0.15) is 5.82 Å². The summed E-state index contributed by atoms with van der Waals surface area (Å²) in [6, 6.07) is 6.71. The van der Waals surface area contributed by atoms with Crippen LogP contribution in [-0.2, 0) is 4.79 Å². The Balaban J connectivity index is 0.00000176. The number of carbonyl (C=O) groups is 1. The highest BCUT2D eigenvalue weighted by Gasteiger charge is 2.39. The summed E-state index contributed by atoms with van der Waals surface area (Å²) in [4.78, 5) is 14.8. The minimum atomic E-state index is -0.226. The van der Waals surface area contributed by atoms with Gasteiger partial charge < -0.3 is 10.2 Å². The summed E-state index contributed by atoms with van der Waals surface area (Å²) in [5.74, 6) is 0.957. The third kappa shape index (κ3) is 3.28. The molecule has 3 atom stereocenters. The van der Waals surface area contributed by atoms with Gasteiger partial charge in [0, 0.05) is 12.5 Å². The molecule has 122 valence electrons. The first-order valence-electron chi connectivity index (χ1n) is 7.83. The van der Waals surface area contributed by atoms with Crippen LogP contribution in [0, 0.1) is 23.6 Å². The summed E-state index contributed by atoms with van der Waals surface area (Å²) in [7, 11) is 0. The van der Waals surface area contributed by atoms with E-state index in [4.69, 9.17) is 0 Å². The van der Waals surface area contributed by atoms with Crippen LogP contribution in [0.2, 0.25) is 0 Å². The normalized spacial score (nSPS) is 26.2. The molecule has 2 aliphatic heterocycles. The molecule has 5 heteroatoms. The molecule has 0 aromatic heterocycles. The van der Waals surface area contributed by atoms with Crippen molar-refractivity contribution in [2.24, 2.45) is 17.8 Å². The van der Waals surface area contributed by atoms with E-state index >= 15 is 0 Å². The summed E-state index contributed by atoms with van der Waals surface area (Å²) in [6.07, 6.45) is 0.921. The first kappa shape index (κ1) is 17.2. The highest BCUT2D eigenvalue weighted by molar-refractivity contribution is 5.85. The molecule has 0 saturated carbocycles. The summed E-state index contributed by atoms with van der Waals surface area (Å²) in [5, 5.41) is 3.23. The van der Waals surface area contributed by atoms with Gasteiger partial charge in [0.2, 0.25) is 5.91 Å². The molecule has 1 N–H and O–H groups in total. The average Bonchev–Trinajstić information content (AvgIpc) is 2.78. The van der Waals surface area contributed by atoms with Crippen LogP contribution in [0.1, 0.15) is 31.9 Å². The molecule has 0 aliphatic carbocycles. The SMILES string of the molecule is CC1CC(c2cccc(F)c2)N(C(=O)C(C)C2CNC2)C1.Cl. The van der Waals surface area contributed by atoms with Crippen LogP contribution in [0.25, 0.3) is 0 Å². The highest BCUT2D eigenvalue weighted by Crippen LogP contribution is 2.37. The fraction of sp³-hybridized carbons (Fsp3) is 0.588. The lowest BCUT2D eigenvalue weighted by Gasteiger charge is -2.35. The molecular weight excluding hydrogens is 303 g/mol. The maximum atomic E-state index is 13.5. The van der Waals surface area contributed by atoms with Crippen molar-refractivity contribution in [1.29, 1.82) is 0 Å². The van der Waals surface area contributed by atoms with E-state index in [0.717, 1.165) is 31.6 Å². The zero-order valence-electron chi connectivity index (χ0n) is 13.1. The molecule has 2 heterocycles. The molecule has 1 aromatic rings. The Morgan fingerprint density at radius 2 is 2.14 bits per heavy atom. The Kier molecular flexibility index (Phi) is 5.45. The number of benzene rings is 1. The topological polar surface area (TPSA) is 32.3 Å². The number of rotatable bonds is 3. The number of hydrogen-bond donors (Lipinski definition) is 1. The minimum Gasteiger partial charge on any atom is -0.335 e. The van der Waals surface area contributed by atoms with Gasteiger partial charge in [0.25, 0.3) is 0 Å². The second-order valence-corrected chi connectivity index (χ2v) is 6.61. The molecule has 0 radical (unpaired) electrons. The van der Waals surface area contributed by atoms with Gasteiger partial charge in [-0.25, -0.2) is 4.39 Å². The van der Waals surface area contributed by atoms with E-state index in [0.29, 0.717) is 11.8 Å². The van der Waals surface area contributed by atoms with Crippen molar-refractivity contribution in [3.63, 3.8) is 0 Å². The molecule has 3 nitrogen and oxygen atoms in total. The second-order valence-electron chi connectivity index (χ2n) is 6.61. The summed E-state index contributed by atoms with van der Waals surface area (Å²) in [6.45, 7) is 6.83. The molecule has 3 unspecified atom stereocenters. The van der Waals surface area contributed by atoms with Crippen LogP contribution in [0.3, 0.4) is 0 Å². The summed E-state index contributed by atoms with van der Waals surface area (Å²) in [5.41, 5.74) is 0.923. The largest absolute Gasteiger partial charge is 0.335 e. The lowest BCUT2D eigenvalue weighted by molar-refractivity contribution is -0.138. The van der Waals surface area contributed by atoms with Crippen LogP contribution in [0.15, 0.2) is 24.3 Å². The molecule has 0 bridgehead atoms. The lowest BCUT2D eigenvalue weighted by atomic mass is 9.87. The van der Waals surface area contributed by atoms with E-state index in [1.807, 2.05) is 17.9 Å². The Morgan fingerprint density at radius 3 is 2.73 bits per heavy atom. The van der Waals surface area contributed by atoms with Gasteiger partial charge in [0.05, 0.1) is 6.04 Å². The number of likely N-dealkylation sites (tertiary alicyclic amines) is 1. The van der Waals surface area contributed by atoms with E-state index in [1.54, 1.807) is 12.1 Å². The number of hydrogen-bond acceptors (Lipinski definition) is 2. The fourth-order valence-electron chi connectivity index (χ4n) is 3.45. The van der Waals surface area contributed by atoms with Crippen molar-refractivity contribution in [3.05, 3.63) is 35.6 Å². The van der Waals surface area contributed by atoms with E-state index in [-0.39, 0.29) is 36.1 Å². The van der Waals surface area contributed by atoms with Gasteiger partial charge in [-0.15, -0.1) is 12.4 Å². The fourth-order valence-corrected chi connectivity index (χ4v) is 3.45. The van der Waals surface area contributed by atoms with Crippen molar-refractivity contribution in [2.45, 2.75) is 26.3 Å². The number of nitrogens with zero attached hydrogens (tertiary/aromatic N) is 1. The van der Waals surface area contributed by atoms with Gasteiger partial charge in [-0.2, -0.15) is 0 Å². The van der Waals surface area contributed by atoms with Crippen LogP contribution < -0.4 is 5.32 Å². The zero-order chi connectivity index (χ0) is 15.0. The average molecular weight is 327 g/mol.